The van der Waals surface area contributed by atoms with Crippen molar-refractivity contribution in [1.29, 1.82) is 0 Å². The van der Waals surface area contributed by atoms with Gasteiger partial charge in [0.1, 0.15) is 0 Å². The largest absolute Gasteiger partial charge is 0.368 e. The summed E-state index contributed by atoms with van der Waals surface area (Å²) in [6, 6.07) is 8.03. The van der Waals surface area contributed by atoms with Crippen molar-refractivity contribution in [1.82, 2.24) is 5.32 Å². The molecular weight excluding hydrogens is 324 g/mol. The van der Waals surface area contributed by atoms with Crippen molar-refractivity contribution in [3.05, 3.63) is 28.2 Å². The summed E-state index contributed by atoms with van der Waals surface area (Å²) < 4.78 is 1.19. The quantitative estimate of drug-likeness (QED) is 0.831. The second kappa shape index (κ2) is 6.70. The van der Waals surface area contributed by atoms with E-state index in [-0.39, 0.29) is 0 Å². The molecule has 0 amide bonds. The molecule has 3 rings (SSSR count). The van der Waals surface area contributed by atoms with Gasteiger partial charge in [-0.2, -0.15) is 0 Å². The molecule has 3 atom stereocenters. The van der Waals surface area contributed by atoms with E-state index in [4.69, 9.17) is 0 Å². The standard InChI is InChI=1S/C18H27BrN2/c1-3-20-13(2)16-12-15(19)9-10-18(16)21-11-5-7-14-6-4-8-17(14)21/h9-10,12-14,17,20H,3-8,11H2,1-2H3. The van der Waals surface area contributed by atoms with Crippen LogP contribution in [-0.2, 0) is 0 Å². The van der Waals surface area contributed by atoms with Gasteiger partial charge in [-0.15, -0.1) is 0 Å². The molecule has 1 aromatic rings. The Morgan fingerprint density at radius 2 is 2.10 bits per heavy atom. The molecule has 0 spiro atoms. The van der Waals surface area contributed by atoms with Gasteiger partial charge in [-0.1, -0.05) is 29.3 Å². The first-order chi connectivity index (χ1) is 10.2. The minimum Gasteiger partial charge on any atom is -0.368 e. The molecule has 1 N–H and O–H groups in total. The third-order valence-electron chi connectivity index (χ3n) is 5.27. The van der Waals surface area contributed by atoms with Crippen LogP contribution in [0.3, 0.4) is 0 Å². The monoisotopic (exact) mass is 350 g/mol. The molecule has 21 heavy (non-hydrogen) atoms. The van der Waals surface area contributed by atoms with Crippen molar-refractivity contribution in [3.8, 4) is 0 Å². The molecule has 0 bridgehead atoms. The Morgan fingerprint density at radius 3 is 2.90 bits per heavy atom. The van der Waals surface area contributed by atoms with Crippen molar-refractivity contribution >= 4 is 21.6 Å². The van der Waals surface area contributed by atoms with E-state index in [0.717, 1.165) is 18.5 Å². The zero-order valence-corrected chi connectivity index (χ0v) is 14.8. The lowest BCUT2D eigenvalue weighted by Crippen LogP contribution is -2.43. The normalized spacial score (nSPS) is 26.7. The highest BCUT2D eigenvalue weighted by molar-refractivity contribution is 9.10. The second-order valence-electron chi connectivity index (χ2n) is 6.58. The number of hydrogen-bond acceptors (Lipinski definition) is 2. The lowest BCUT2D eigenvalue weighted by Gasteiger charge is -2.41. The maximum Gasteiger partial charge on any atom is 0.0418 e. The number of nitrogens with one attached hydrogen (secondary N) is 1. The Balaban J connectivity index is 1.93. The van der Waals surface area contributed by atoms with Gasteiger partial charge in [0.2, 0.25) is 0 Å². The molecular formula is C18H27BrN2. The van der Waals surface area contributed by atoms with E-state index in [9.17, 15) is 0 Å². The Bertz CT molecular complexity index is 488. The van der Waals surface area contributed by atoms with Crippen LogP contribution in [0.25, 0.3) is 0 Å². The molecule has 0 aromatic heterocycles. The summed E-state index contributed by atoms with van der Waals surface area (Å²) in [7, 11) is 0. The van der Waals surface area contributed by atoms with Crippen molar-refractivity contribution < 1.29 is 0 Å². The maximum atomic E-state index is 3.65. The highest BCUT2D eigenvalue weighted by Gasteiger charge is 2.36. The Labute approximate surface area is 137 Å². The van der Waals surface area contributed by atoms with Crippen molar-refractivity contribution in [2.24, 2.45) is 5.92 Å². The van der Waals surface area contributed by atoms with Gasteiger partial charge in [0.15, 0.2) is 0 Å². The van der Waals surface area contributed by atoms with Gasteiger partial charge in [0.05, 0.1) is 0 Å². The molecule has 3 unspecified atom stereocenters. The van der Waals surface area contributed by atoms with Crippen LogP contribution in [0, 0.1) is 5.92 Å². The zero-order valence-electron chi connectivity index (χ0n) is 13.2. The van der Waals surface area contributed by atoms with Crippen LogP contribution in [0.15, 0.2) is 22.7 Å². The van der Waals surface area contributed by atoms with Crippen molar-refractivity contribution in [2.45, 2.75) is 58.0 Å². The molecule has 1 saturated carbocycles. The van der Waals surface area contributed by atoms with Crippen LogP contribution in [-0.4, -0.2) is 19.1 Å². The summed E-state index contributed by atoms with van der Waals surface area (Å²) in [5.41, 5.74) is 2.90. The molecule has 1 aromatic carbocycles. The van der Waals surface area contributed by atoms with Crippen LogP contribution in [0.2, 0.25) is 0 Å². The van der Waals surface area contributed by atoms with E-state index in [1.54, 1.807) is 0 Å². The summed E-state index contributed by atoms with van der Waals surface area (Å²) in [6.45, 7) is 6.71. The smallest absolute Gasteiger partial charge is 0.0418 e. The van der Waals surface area contributed by atoms with E-state index in [1.807, 2.05) is 0 Å². The number of anilines is 1. The molecule has 116 valence electrons. The Hall–Kier alpha value is -0.540. The van der Waals surface area contributed by atoms with Crippen LogP contribution in [0.1, 0.15) is 57.6 Å². The van der Waals surface area contributed by atoms with E-state index < -0.39 is 0 Å². The molecule has 1 heterocycles. The first-order valence-corrected chi connectivity index (χ1v) is 9.29. The van der Waals surface area contributed by atoms with E-state index >= 15 is 0 Å². The Morgan fingerprint density at radius 1 is 1.29 bits per heavy atom. The van der Waals surface area contributed by atoms with E-state index in [2.05, 4.69) is 58.2 Å². The number of nitrogens with zero attached hydrogens (tertiary/aromatic N) is 1. The topological polar surface area (TPSA) is 15.3 Å². The van der Waals surface area contributed by atoms with Crippen LogP contribution in [0.5, 0.6) is 0 Å². The fourth-order valence-corrected chi connectivity index (χ4v) is 4.68. The molecule has 1 saturated heterocycles. The molecule has 2 nitrogen and oxygen atoms in total. The first kappa shape index (κ1) is 15.4. The van der Waals surface area contributed by atoms with E-state index in [0.29, 0.717) is 6.04 Å². The van der Waals surface area contributed by atoms with Crippen LogP contribution >= 0.6 is 15.9 Å². The summed E-state index contributed by atoms with van der Waals surface area (Å²) in [5.74, 6) is 0.935. The molecule has 2 fully saturated rings. The van der Waals surface area contributed by atoms with Crippen LogP contribution < -0.4 is 10.2 Å². The number of rotatable bonds is 4. The molecule has 0 radical (unpaired) electrons. The summed E-state index contributed by atoms with van der Waals surface area (Å²) in [5, 5.41) is 3.58. The van der Waals surface area contributed by atoms with Crippen molar-refractivity contribution in [3.63, 3.8) is 0 Å². The third kappa shape index (κ3) is 3.14. The number of halogens is 1. The van der Waals surface area contributed by atoms with Gasteiger partial charge in [0.25, 0.3) is 0 Å². The number of hydrogen-bond donors (Lipinski definition) is 1. The van der Waals surface area contributed by atoms with Gasteiger partial charge in [-0.3, -0.25) is 0 Å². The fourth-order valence-electron chi connectivity index (χ4n) is 4.30. The zero-order chi connectivity index (χ0) is 14.8. The minimum atomic E-state index is 0.407. The number of piperidine rings is 1. The lowest BCUT2D eigenvalue weighted by atomic mass is 9.90. The molecule has 1 aliphatic carbocycles. The Kier molecular flexibility index (Phi) is 4.90. The molecule has 3 heteroatoms. The first-order valence-electron chi connectivity index (χ1n) is 8.50. The number of fused-ring (bicyclic) bond motifs is 1. The average molecular weight is 351 g/mol. The highest BCUT2D eigenvalue weighted by atomic mass is 79.9. The van der Waals surface area contributed by atoms with Crippen LogP contribution in [0.4, 0.5) is 5.69 Å². The maximum absolute atomic E-state index is 3.65. The highest BCUT2D eigenvalue weighted by Crippen LogP contribution is 2.41. The summed E-state index contributed by atoms with van der Waals surface area (Å²) >= 11 is 3.65. The van der Waals surface area contributed by atoms with E-state index in [1.165, 1.54) is 54.4 Å². The van der Waals surface area contributed by atoms with Gasteiger partial charge >= 0.3 is 0 Å². The predicted molar refractivity (Wildman–Crippen MR) is 93.9 cm³/mol. The van der Waals surface area contributed by atoms with Gasteiger partial charge in [-0.25, -0.2) is 0 Å². The average Bonchev–Trinajstić information content (AvgIpc) is 2.96. The summed E-state index contributed by atoms with van der Waals surface area (Å²) in [6.07, 6.45) is 7.04. The SMILES string of the molecule is CCNC(C)c1cc(Br)ccc1N1CCCC2CCCC21. The van der Waals surface area contributed by atoms with Gasteiger partial charge in [0, 0.05) is 28.8 Å². The number of benzene rings is 1. The van der Waals surface area contributed by atoms with Gasteiger partial charge < -0.3 is 10.2 Å². The lowest BCUT2D eigenvalue weighted by molar-refractivity contribution is 0.361. The molecule has 1 aliphatic heterocycles. The minimum absolute atomic E-state index is 0.407. The fraction of sp³-hybridized carbons (Fsp3) is 0.667. The van der Waals surface area contributed by atoms with Gasteiger partial charge in [-0.05, 0) is 68.8 Å². The predicted octanol–water partition coefficient (Wildman–Crippen LogP) is 4.89. The van der Waals surface area contributed by atoms with Crippen molar-refractivity contribution in [2.75, 3.05) is 18.0 Å². The summed E-state index contributed by atoms with van der Waals surface area (Å²) in [4.78, 5) is 2.72. The third-order valence-corrected chi connectivity index (χ3v) is 5.76. The molecule has 2 aliphatic rings. The second-order valence-corrected chi connectivity index (χ2v) is 7.49.